The molecule has 3 unspecified atom stereocenters. The minimum atomic E-state index is 0.359. The van der Waals surface area contributed by atoms with Crippen LogP contribution in [0.5, 0.6) is 0 Å². The van der Waals surface area contributed by atoms with Gasteiger partial charge in [-0.05, 0) is 32.2 Å². The van der Waals surface area contributed by atoms with Crippen molar-refractivity contribution in [2.75, 3.05) is 13.7 Å². The number of aliphatic hydroxyl groups is 1. The van der Waals surface area contributed by atoms with Gasteiger partial charge in [0.05, 0.1) is 6.61 Å². The van der Waals surface area contributed by atoms with Crippen molar-refractivity contribution in [1.82, 2.24) is 4.90 Å². The minimum absolute atomic E-state index is 0.359. The summed E-state index contributed by atoms with van der Waals surface area (Å²) in [7, 11) is 2.14. The van der Waals surface area contributed by atoms with Crippen molar-refractivity contribution in [2.45, 2.75) is 31.3 Å². The maximum Gasteiger partial charge on any atom is 0.0589 e. The van der Waals surface area contributed by atoms with Gasteiger partial charge in [0.15, 0.2) is 0 Å². The Kier molecular flexibility index (Phi) is 1.46. The van der Waals surface area contributed by atoms with Gasteiger partial charge in [0.2, 0.25) is 0 Å². The van der Waals surface area contributed by atoms with Gasteiger partial charge < -0.3 is 5.11 Å². The molecule has 0 amide bonds. The standard InChI is InChI=1S/C8H15NO/c1-9-7-3-2-6(4-7)8(9)5-10/h6-8,10H,2-5H2,1H3. The number of hydrogen-bond acceptors (Lipinski definition) is 2. The third-order valence-corrected chi connectivity index (χ3v) is 3.28. The average molecular weight is 141 g/mol. The first-order valence-corrected chi connectivity index (χ1v) is 4.15. The molecule has 2 aliphatic rings. The van der Waals surface area contributed by atoms with Gasteiger partial charge in [-0.15, -0.1) is 0 Å². The van der Waals surface area contributed by atoms with E-state index in [0.29, 0.717) is 12.6 Å². The molecule has 2 rings (SSSR count). The van der Waals surface area contributed by atoms with Crippen molar-refractivity contribution in [3.05, 3.63) is 0 Å². The van der Waals surface area contributed by atoms with Crippen LogP contribution in [-0.4, -0.2) is 35.7 Å². The first kappa shape index (κ1) is 6.62. The molecule has 0 radical (unpaired) electrons. The third-order valence-electron chi connectivity index (χ3n) is 3.28. The van der Waals surface area contributed by atoms with Crippen molar-refractivity contribution in [3.8, 4) is 0 Å². The zero-order valence-corrected chi connectivity index (χ0v) is 6.45. The van der Waals surface area contributed by atoms with Gasteiger partial charge >= 0.3 is 0 Å². The van der Waals surface area contributed by atoms with Crippen LogP contribution in [0.2, 0.25) is 0 Å². The first-order valence-electron chi connectivity index (χ1n) is 4.15. The molecule has 10 heavy (non-hydrogen) atoms. The number of fused-ring (bicyclic) bond motifs is 2. The summed E-state index contributed by atoms with van der Waals surface area (Å²) in [6.45, 7) is 0.359. The molecule has 1 aliphatic heterocycles. The van der Waals surface area contributed by atoms with Crippen LogP contribution in [0.3, 0.4) is 0 Å². The lowest BCUT2D eigenvalue weighted by Gasteiger charge is -2.30. The van der Waals surface area contributed by atoms with Gasteiger partial charge in [0.1, 0.15) is 0 Å². The lowest BCUT2D eigenvalue weighted by atomic mass is 10.0. The Labute approximate surface area is 61.8 Å². The van der Waals surface area contributed by atoms with Crippen molar-refractivity contribution in [1.29, 1.82) is 0 Å². The Morgan fingerprint density at radius 1 is 1.50 bits per heavy atom. The van der Waals surface area contributed by atoms with Crippen LogP contribution in [0.15, 0.2) is 0 Å². The Balaban J connectivity index is 2.10. The van der Waals surface area contributed by atoms with Gasteiger partial charge in [0.25, 0.3) is 0 Å². The summed E-state index contributed by atoms with van der Waals surface area (Å²) in [6, 6.07) is 1.28. The number of likely N-dealkylation sites (N-methyl/N-ethyl adjacent to an activating group) is 1. The normalized spacial score (nSPS) is 46.8. The molecule has 1 heterocycles. The van der Waals surface area contributed by atoms with Crippen LogP contribution in [0.25, 0.3) is 0 Å². The number of rotatable bonds is 1. The van der Waals surface area contributed by atoms with E-state index in [2.05, 4.69) is 11.9 Å². The van der Waals surface area contributed by atoms with E-state index in [0.717, 1.165) is 12.0 Å². The highest BCUT2D eigenvalue weighted by Crippen LogP contribution is 2.40. The number of hydrogen-bond donors (Lipinski definition) is 1. The highest BCUT2D eigenvalue weighted by Gasteiger charge is 2.42. The van der Waals surface area contributed by atoms with Crippen molar-refractivity contribution in [3.63, 3.8) is 0 Å². The predicted octanol–water partition coefficient (Wildman–Crippen LogP) is 0.461. The lowest BCUT2D eigenvalue weighted by molar-refractivity contribution is 0.108. The minimum Gasteiger partial charge on any atom is -0.395 e. The molecular formula is C8H15NO. The molecule has 1 saturated heterocycles. The van der Waals surface area contributed by atoms with E-state index in [-0.39, 0.29) is 0 Å². The molecule has 0 spiro atoms. The fourth-order valence-corrected chi connectivity index (χ4v) is 2.59. The quantitative estimate of drug-likeness (QED) is 0.573. The van der Waals surface area contributed by atoms with Crippen LogP contribution >= 0.6 is 0 Å². The summed E-state index contributed by atoms with van der Waals surface area (Å²) >= 11 is 0. The second-order valence-electron chi connectivity index (χ2n) is 3.64. The van der Waals surface area contributed by atoms with Crippen LogP contribution < -0.4 is 0 Å². The summed E-state index contributed by atoms with van der Waals surface area (Å²) in [5.74, 6) is 0.806. The molecule has 58 valence electrons. The summed E-state index contributed by atoms with van der Waals surface area (Å²) in [5.41, 5.74) is 0. The molecule has 3 atom stereocenters. The first-order chi connectivity index (χ1) is 4.83. The van der Waals surface area contributed by atoms with Crippen LogP contribution in [0.1, 0.15) is 19.3 Å². The molecule has 2 heteroatoms. The van der Waals surface area contributed by atoms with Gasteiger partial charge in [0, 0.05) is 12.1 Å². The van der Waals surface area contributed by atoms with E-state index in [1.165, 1.54) is 19.3 Å². The largest absolute Gasteiger partial charge is 0.395 e. The van der Waals surface area contributed by atoms with E-state index in [1.54, 1.807) is 0 Å². The fourth-order valence-electron chi connectivity index (χ4n) is 2.59. The molecule has 2 fully saturated rings. The number of piperidine rings is 1. The van der Waals surface area contributed by atoms with E-state index in [4.69, 9.17) is 5.11 Å². The fraction of sp³-hybridized carbons (Fsp3) is 1.00. The van der Waals surface area contributed by atoms with E-state index < -0.39 is 0 Å². The highest BCUT2D eigenvalue weighted by molar-refractivity contribution is 4.97. The second kappa shape index (κ2) is 2.21. The molecule has 1 aliphatic carbocycles. The highest BCUT2D eigenvalue weighted by atomic mass is 16.3. The lowest BCUT2D eigenvalue weighted by Crippen LogP contribution is -2.39. The second-order valence-corrected chi connectivity index (χ2v) is 3.64. The monoisotopic (exact) mass is 141 g/mol. The van der Waals surface area contributed by atoms with Crippen LogP contribution in [0.4, 0.5) is 0 Å². The number of likely N-dealkylation sites (tertiary alicyclic amines) is 1. The smallest absolute Gasteiger partial charge is 0.0589 e. The molecule has 2 bridgehead atoms. The summed E-state index contributed by atoms with van der Waals surface area (Å²) in [5, 5.41) is 9.02. The van der Waals surface area contributed by atoms with Gasteiger partial charge in [-0.3, -0.25) is 4.90 Å². The van der Waals surface area contributed by atoms with Gasteiger partial charge in [-0.25, -0.2) is 0 Å². The van der Waals surface area contributed by atoms with Crippen LogP contribution in [-0.2, 0) is 0 Å². The molecule has 1 saturated carbocycles. The summed E-state index contributed by atoms with van der Waals surface area (Å²) < 4.78 is 0. The maximum atomic E-state index is 9.02. The Hall–Kier alpha value is -0.0800. The Morgan fingerprint density at radius 3 is 2.70 bits per heavy atom. The van der Waals surface area contributed by atoms with Crippen LogP contribution in [0, 0.1) is 5.92 Å². The van der Waals surface area contributed by atoms with Crippen molar-refractivity contribution < 1.29 is 5.11 Å². The zero-order valence-electron chi connectivity index (χ0n) is 6.45. The SMILES string of the molecule is CN1C2CCC(C2)C1CO. The molecule has 0 aromatic heterocycles. The molecular weight excluding hydrogens is 126 g/mol. The van der Waals surface area contributed by atoms with Crippen molar-refractivity contribution >= 4 is 0 Å². The Bertz CT molecular complexity index is 135. The van der Waals surface area contributed by atoms with E-state index in [9.17, 15) is 0 Å². The van der Waals surface area contributed by atoms with Crippen molar-refractivity contribution in [2.24, 2.45) is 5.92 Å². The molecule has 1 N–H and O–H groups in total. The van der Waals surface area contributed by atoms with Gasteiger partial charge in [-0.2, -0.15) is 0 Å². The maximum absolute atomic E-state index is 9.02. The Morgan fingerprint density at radius 2 is 2.30 bits per heavy atom. The van der Waals surface area contributed by atoms with E-state index >= 15 is 0 Å². The predicted molar refractivity (Wildman–Crippen MR) is 39.8 cm³/mol. The summed E-state index contributed by atoms with van der Waals surface area (Å²) in [4.78, 5) is 2.36. The molecule has 2 nitrogen and oxygen atoms in total. The molecule has 0 aromatic carbocycles. The summed E-state index contributed by atoms with van der Waals surface area (Å²) in [6.07, 6.45) is 4.04. The van der Waals surface area contributed by atoms with E-state index in [1.807, 2.05) is 0 Å². The number of aliphatic hydroxyl groups excluding tert-OH is 1. The zero-order chi connectivity index (χ0) is 7.14. The average Bonchev–Trinajstić information content (AvgIpc) is 2.46. The number of nitrogens with zero attached hydrogens (tertiary/aromatic N) is 1. The topological polar surface area (TPSA) is 23.5 Å². The van der Waals surface area contributed by atoms with Gasteiger partial charge in [-0.1, -0.05) is 0 Å². The molecule has 0 aromatic rings. The third kappa shape index (κ3) is 0.722.